The molecule has 0 saturated carbocycles. The molecule has 3 nitrogen and oxygen atoms in total. The smallest absolute Gasteiger partial charge is 0.336 e. The second-order valence-electron chi connectivity index (χ2n) is 6.55. The summed E-state index contributed by atoms with van der Waals surface area (Å²) in [6, 6.07) is 3.70. The van der Waals surface area contributed by atoms with Crippen LogP contribution in [-0.2, 0) is 0 Å². The summed E-state index contributed by atoms with van der Waals surface area (Å²) in [6.45, 7) is 14.5. The Balaban J connectivity index is 3.25. The average Bonchev–Trinajstić information content (AvgIpc) is 2.20. The van der Waals surface area contributed by atoms with Crippen molar-refractivity contribution >= 4 is 14.3 Å². The number of hydrogen-bond acceptors (Lipinski definition) is 2. The van der Waals surface area contributed by atoms with Gasteiger partial charge in [0.1, 0.15) is 5.75 Å². The fraction of sp³-hybridized carbons (Fsp3) is 0.533. The lowest BCUT2D eigenvalue weighted by atomic mass is 10.0. The molecule has 1 aromatic rings. The van der Waals surface area contributed by atoms with Gasteiger partial charge < -0.3 is 9.53 Å². The van der Waals surface area contributed by atoms with E-state index in [1.165, 1.54) is 0 Å². The molecular weight excluding hydrogens is 256 g/mol. The van der Waals surface area contributed by atoms with Crippen molar-refractivity contribution in [3.8, 4) is 5.75 Å². The number of aryl methyl sites for hydroxylation is 1. The third-order valence-corrected chi connectivity index (χ3v) is 8.35. The Morgan fingerprint density at radius 2 is 1.74 bits per heavy atom. The highest BCUT2D eigenvalue weighted by molar-refractivity contribution is 6.74. The number of benzene rings is 1. The predicted octanol–water partition coefficient (Wildman–Crippen LogP) is 4.39. The molecule has 1 aromatic carbocycles. The molecule has 0 aliphatic carbocycles. The zero-order chi connectivity index (χ0) is 15.0. The summed E-state index contributed by atoms with van der Waals surface area (Å²) in [4.78, 5) is 11.3. The van der Waals surface area contributed by atoms with Crippen LogP contribution in [0.5, 0.6) is 5.75 Å². The van der Waals surface area contributed by atoms with E-state index in [4.69, 9.17) is 4.43 Å². The Bertz CT molecular complexity index is 499. The van der Waals surface area contributed by atoms with Gasteiger partial charge in [0.15, 0.2) is 0 Å². The zero-order valence-electron chi connectivity index (χ0n) is 12.9. The molecule has 0 atom stereocenters. The van der Waals surface area contributed by atoms with Crippen molar-refractivity contribution in [1.82, 2.24) is 0 Å². The fourth-order valence-corrected chi connectivity index (χ4v) is 2.77. The van der Waals surface area contributed by atoms with E-state index in [1.807, 2.05) is 26.0 Å². The van der Waals surface area contributed by atoms with Gasteiger partial charge in [-0.05, 0) is 43.6 Å². The Morgan fingerprint density at radius 3 is 2.16 bits per heavy atom. The third kappa shape index (κ3) is 3.18. The highest BCUT2D eigenvalue weighted by atomic mass is 28.4. The summed E-state index contributed by atoms with van der Waals surface area (Å²) in [5.74, 6) is -0.190. The Kier molecular flexibility index (Phi) is 4.15. The maximum Gasteiger partial charge on any atom is 0.336 e. The standard InChI is InChI=1S/C15H24O3Si/c1-10-8-9-12(11(2)13(10)14(16)17)18-19(6,7)15(3,4)5/h8-9H,1-7H3,(H,16,17). The Hall–Kier alpha value is -1.29. The zero-order valence-corrected chi connectivity index (χ0v) is 13.9. The molecule has 19 heavy (non-hydrogen) atoms. The van der Waals surface area contributed by atoms with Crippen LogP contribution in [0.15, 0.2) is 12.1 Å². The minimum Gasteiger partial charge on any atom is -0.543 e. The molecule has 0 radical (unpaired) electrons. The van der Waals surface area contributed by atoms with E-state index in [-0.39, 0.29) is 5.04 Å². The summed E-state index contributed by atoms with van der Waals surface area (Å²) < 4.78 is 6.22. The van der Waals surface area contributed by atoms with E-state index in [0.717, 1.165) is 11.1 Å². The fourth-order valence-electron chi connectivity index (χ4n) is 1.70. The Labute approximate surface area is 116 Å². The van der Waals surface area contributed by atoms with Crippen molar-refractivity contribution in [2.45, 2.75) is 52.8 Å². The maximum absolute atomic E-state index is 11.3. The number of rotatable bonds is 3. The monoisotopic (exact) mass is 280 g/mol. The predicted molar refractivity (Wildman–Crippen MR) is 80.7 cm³/mol. The van der Waals surface area contributed by atoms with Crippen molar-refractivity contribution < 1.29 is 14.3 Å². The molecule has 0 heterocycles. The van der Waals surface area contributed by atoms with Crippen LogP contribution in [0.2, 0.25) is 18.1 Å². The molecule has 0 aliphatic rings. The van der Waals surface area contributed by atoms with Gasteiger partial charge >= 0.3 is 5.97 Å². The maximum atomic E-state index is 11.3. The van der Waals surface area contributed by atoms with Crippen LogP contribution < -0.4 is 4.43 Å². The lowest BCUT2D eigenvalue weighted by molar-refractivity contribution is 0.0695. The average molecular weight is 280 g/mol. The second kappa shape index (κ2) is 5.00. The van der Waals surface area contributed by atoms with Crippen LogP contribution >= 0.6 is 0 Å². The number of carboxylic acids is 1. The van der Waals surface area contributed by atoms with Crippen LogP contribution in [-0.4, -0.2) is 19.4 Å². The van der Waals surface area contributed by atoms with Crippen molar-refractivity contribution in [3.05, 3.63) is 28.8 Å². The quantitative estimate of drug-likeness (QED) is 0.835. The van der Waals surface area contributed by atoms with E-state index in [1.54, 1.807) is 0 Å². The van der Waals surface area contributed by atoms with Gasteiger partial charge in [-0.25, -0.2) is 4.79 Å². The summed E-state index contributed by atoms with van der Waals surface area (Å²) >= 11 is 0. The van der Waals surface area contributed by atoms with Gasteiger partial charge in [-0.1, -0.05) is 26.8 Å². The molecule has 106 valence electrons. The molecule has 0 bridgehead atoms. The SMILES string of the molecule is Cc1ccc(O[Si](C)(C)C(C)(C)C)c(C)c1C(=O)O. The van der Waals surface area contributed by atoms with E-state index < -0.39 is 14.3 Å². The van der Waals surface area contributed by atoms with E-state index in [2.05, 4.69) is 33.9 Å². The normalized spacial score (nSPS) is 12.4. The molecule has 0 saturated heterocycles. The molecule has 0 unspecified atom stereocenters. The molecule has 0 amide bonds. The molecule has 1 N–H and O–H groups in total. The Morgan fingerprint density at radius 1 is 1.21 bits per heavy atom. The minimum atomic E-state index is -1.95. The van der Waals surface area contributed by atoms with Crippen LogP contribution in [0.3, 0.4) is 0 Å². The van der Waals surface area contributed by atoms with Crippen molar-refractivity contribution in [3.63, 3.8) is 0 Å². The number of aromatic carboxylic acids is 1. The van der Waals surface area contributed by atoms with Crippen molar-refractivity contribution in [2.24, 2.45) is 0 Å². The molecule has 0 aliphatic heterocycles. The molecule has 1 rings (SSSR count). The topological polar surface area (TPSA) is 46.5 Å². The molecule has 4 heteroatoms. The molecule has 0 fully saturated rings. The first-order valence-electron chi connectivity index (χ1n) is 6.50. The largest absolute Gasteiger partial charge is 0.543 e. The van der Waals surface area contributed by atoms with E-state index >= 15 is 0 Å². The first kappa shape index (κ1) is 15.8. The van der Waals surface area contributed by atoms with E-state index in [9.17, 15) is 9.90 Å². The lowest BCUT2D eigenvalue weighted by Crippen LogP contribution is -2.44. The second-order valence-corrected chi connectivity index (χ2v) is 11.3. The van der Waals surface area contributed by atoms with Gasteiger partial charge in [0, 0.05) is 5.56 Å². The van der Waals surface area contributed by atoms with Crippen LogP contribution in [0.25, 0.3) is 0 Å². The van der Waals surface area contributed by atoms with Crippen molar-refractivity contribution in [2.75, 3.05) is 0 Å². The molecular formula is C15H24O3Si. The summed E-state index contributed by atoms with van der Waals surface area (Å²) in [7, 11) is -1.95. The highest BCUT2D eigenvalue weighted by Gasteiger charge is 2.39. The van der Waals surface area contributed by atoms with Crippen LogP contribution in [0, 0.1) is 13.8 Å². The third-order valence-electron chi connectivity index (χ3n) is 4.01. The number of hydrogen-bond donors (Lipinski definition) is 1. The van der Waals surface area contributed by atoms with Gasteiger partial charge in [-0.2, -0.15) is 0 Å². The summed E-state index contributed by atoms with van der Waals surface area (Å²) in [5.41, 5.74) is 1.85. The minimum absolute atomic E-state index is 0.0910. The lowest BCUT2D eigenvalue weighted by Gasteiger charge is -2.37. The van der Waals surface area contributed by atoms with Crippen LogP contribution in [0.4, 0.5) is 0 Å². The first-order valence-corrected chi connectivity index (χ1v) is 9.40. The summed E-state index contributed by atoms with van der Waals surface area (Å²) in [6.07, 6.45) is 0. The van der Waals surface area contributed by atoms with Gasteiger partial charge in [0.25, 0.3) is 0 Å². The number of carbonyl (C=O) groups is 1. The number of carboxylic acid groups (broad SMARTS) is 1. The first-order chi connectivity index (χ1) is 8.47. The molecule has 0 aromatic heterocycles. The van der Waals surface area contributed by atoms with Gasteiger partial charge in [-0.3, -0.25) is 0 Å². The molecule has 0 spiro atoms. The van der Waals surface area contributed by atoms with Gasteiger partial charge in [-0.15, -0.1) is 0 Å². The van der Waals surface area contributed by atoms with Gasteiger partial charge in [0.2, 0.25) is 8.32 Å². The highest BCUT2D eigenvalue weighted by Crippen LogP contribution is 2.38. The van der Waals surface area contributed by atoms with Crippen molar-refractivity contribution in [1.29, 1.82) is 0 Å². The van der Waals surface area contributed by atoms with E-state index in [0.29, 0.717) is 11.3 Å². The van der Waals surface area contributed by atoms with Crippen LogP contribution in [0.1, 0.15) is 42.3 Å². The summed E-state index contributed by atoms with van der Waals surface area (Å²) in [5, 5.41) is 9.38. The van der Waals surface area contributed by atoms with Gasteiger partial charge in [0.05, 0.1) is 5.56 Å².